The monoisotopic (exact) mass is 478 g/mol. The van der Waals surface area contributed by atoms with Crippen molar-refractivity contribution in [2.45, 2.75) is 90.1 Å². The zero-order valence-corrected chi connectivity index (χ0v) is 22.3. The molecule has 2 atom stereocenters. The smallest absolute Gasteiger partial charge is 0.137 e. The van der Waals surface area contributed by atoms with E-state index >= 15 is 0 Å². The lowest BCUT2D eigenvalue weighted by atomic mass is 9.67. The van der Waals surface area contributed by atoms with Crippen LogP contribution in [0.3, 0.4) is 0 Å². The largest absolute Gasteiger partial charge is 0.482 e. The molecule has 0 bridgehead atoms. The predicted molar refractivity (Wildman–Crippen MR) is 155 cm³/mol. The molecule has 0 aliphatic heterocycles. The molecule has 0 fully saturated rings. The minimum absolute atomic E-state index is 0.267. The predicted octanol–water partition coefficient (Wildman–Crippen LogP) is 10.4. The van der Waals surface area contributed by atoms with Crippen molar-refractivity contribution in [3.63, 3.8) is 0 Å². The van der Waals surface area contributed by atoms with Crippen molar-refractivity contribution in [1.29, 1.82) is 0 Å². The van der Waals surface area contributed by atoms with Crippen LogP contribution in [0.5, 0.6) is 5.75 Å². The second-order valence-electron chi connectivity index (χ2n) is 10.8. The highest BCUT2D eigenvalue weighted by Crippen LogP contribution is 2.49. The van der Waals surface area contributed by atoms with Crippen LogP contribution in [-0.4, -0.2) is 0 Å². The molecule has 0 N–H and O–H groups in total. The molecule has 1 nitrogen and oxygen atoms in total. The van der Waals surface area contributed by atoms with E-state index in [2.05, 4.69) is 92.7 Å². The van der Waals surface area contributed by atoms with Gasteiger partial charge in [0.05, 0.1) is 0 Å². The Kier molecular flexibility index (Phi) is 7.95. The molecule has 36 heavy (non-hydrogen) atoms. The van der Waals surface area contributed by atoms with Crippen molar-refractivity contribution >= 4 is 21.5 Å². The number of benzene rings is 4. The van der Waals surface area contributed by atoms with Gasteiger partial charge in [-0.1, -0.05) is 126 Å². The molecule has 1 aliphatic carbocycles. The third-order valence-electron chi connectivity index (χ3n) is 8.62. The van der Waals surface area contributed by atoms with Gasteiger partial charge in [0.2, 0.25) is 0 Å². The number of aryl methyl sites for hydroxylation is 1. The van der Waals surface area contributed by atoms with Crippen LogP contribution in [0.2, 0.25) is 0 Å². The maximum absolute atomic E-state index is 7.08. The van der Waals surface area contributed by atoms with Crippen LogP contribution in [0.15, 0.2) is 78.9 Å². The van der Waals surface area contributed by atoms with Crippen LogP contribution >= 0.6 is 0 Å². The molecule has 2 unspecified atom stereocenters. The molecule has 0 aromatic heterocycles. The van der Waals surface area contributed by atoms with E-state index in [1.807, 2.05) is 0 Å². The number of rotatable bonds is 11. The summed E-state index contributed by atoms with van der Waals surface area (Å²) in [4.78, 5) is 0. The highest BCUT2D eigenvalue weighted by atomic mass is 16.5. The van der Waals surface area contributed by atoms with E-state index in [-0.39, 0.29) is 5.60 Å². The number of ether oxygens (including phenoxy) is 1. The Bertz CT molecular complexity index is 1270. The number of fused-ring (bicyclic) bond motifs is 5. The third kappa shape index (κ3) is 4.90. The lowest BCUT2D eigenvalue weighted by Gasteiger charge is -2.46. The molecule has 0 spiro atoms. The molecule has 0 saturated heterocycles. The number of unbranched alkanes of at least 4 members (excludes halogenated alkanes) is 6. The first-order valence-electron chi connectivity index (χ1n) is 14.4. The highest BCUT2D eigenvalue weighted by Gasteiger charge is 2.45. The van der Waals surface area contributed by atoms with Gasteiger partial charge >= 0.3 is 0 Å². The van der Waals surface area contributed by atoms with Gasteiger partial charge in [-0.2, -0.15) is 0 Å². The van der Waals surface area contributed by atoms with E-state index in [9.17, 15) is 0 Å². The van der Waals surface area contributed by atoms with Crippen molar-refractivity contribution in [2.24, 2.45) is 5.92 Å². The molecule has 5 rings (SSSR count). The quantitative estimate of drug-likeness (QED) is 0.154. The summed E-state index contributed by atoms with van der Waals surface area (Å²) < 4.78 is 7.08. The Balaban J connectivity index is 1.49. The normalized spacial score (nSPS) is 19.4. The molecule has 1 aliphatic rings. The molecule has 0 amide bonds. The topological polar surface area (TPSA) is 9.23 Å². The molecule has 0 saturated carbocycles. The SMILES string of the molecule is CCCCCCCCCC1CCc2c(ccc3c2ccc2ccccc23)C1(CC)Oc1ccccc1. The molecule has 4 aromatic rings. The van der Waals surface area contributed by atoms with Crippen LogP contribution < -0.4 is 4.74 Å². The fourth-order valence-corrected chi connectivity index (χ4v) is 6.70. The third-order valence-corrected chi connectivity index (χ3v) is 8.62. The summed E-state index contributed by atoms with van der Waals surface area (Å²) in [6.07, 6.45) is 14.1. The van der Waals surface area contributed by atoms with Crippen molar-refractivity contribution in [1.82, 2.24) is 0 Å². The average Bonchev–Trinajstić information content (AvgIpc) is 2.93. The molecular weight excluding hydrogens is 436 g/mol. The Morgan fingerprint density at radius 1 is 0.694 bits per heavy atom. The van der Waals surface area contributed by atoms with Gasteiger partial charge < -0.3 is 4.74 Å². The Hall–Kier alpha value is -2.80. The minimum Gasteiger partial charge on any atom is -0.482 e. The van der Waals surface area contributed by atoms with Gasteiger partial charge in [-0.05, 0) is 70.5 Å². The summed E-state index contributed by atoms with van der Waals surface area (Å²) in [5, 5.41) is 5.46. The Morgan fingerprint density at radius 3 is 2.22 bits per heavy atom. The summed E-state index contributed by atoms with van der Waals surface area (Å²) in [7, 11) is 0. The summed E-state index contributed by atoms with van der Waals surface area (Å²) in [6.45, 7) is 4.63. The van der Waals surface area contributed by atoms with E-state index in [0.717, 1.165) is 18.6 Å². The van der Waals surface area contributed by atoms with Gasteiger partial charge in [-0.25, -0.2) is 0 Å². The number of hydrogen-bond donors (Lipinski definition) is 0. The van der Waals surface area contributed by atoms with E-state index in [1.54, 1.807) is 0 Å². The second kappa shape index (κ2) is 11.5. The average molecular weight is 479 g/mol. The lowest BCUT2D eigenvalue weighted by molar-refractivity contribution is -0.0174. The first-order chi connectivity index (χ1) is 17.8. The van der Waals surface area contributed by atoms with Crippen molar-refractivity contribution in [3.8, 4) is 5.75 Å². The molecule has 188 valence electrons. The van der Waals surface area contributed by atoms with Crippen LogP contribution in [0, 0.1) is 5.92 Å². The summed E-state index contributed by atoms with van der Waals surface area (Å²) >= 11 is 0. The van der Waals surface area contributed by atoms with Gasteiger partial charge in [0.25, 0.3) is 0 Å². The van der Waals surface area contributed by atoms with Crippen molar-refractivity contribution in [3.05, 3.63) is 90.0 Å². The van der Waals surface area contributed by atoms with Gasteiger partial charge in [-0.3, -0.25) is 0 Å². The van der Waals surface area contributed by atoms with Gasteiger partial charge in [0.1, 0.15) is 11.4 Å². The zero-order chi connectivity index (χ0) is 24.8. The zero-order valence-electron chi connectivity index (χ0n) is 22.3. The van der Waals surface area contributed by atoms with Crippen LogP contribution in [0.1, 0.15) is 89.2 Å². The maximum atomic E-state index is 7.08. The maximum Gasteiger partial charge on any atom is 0.137 e. The molecule has 0 heterocycles. The van der Waals surface area contributed by atoms with Crippen LogP contribution in [-0.2, 0) is 12.0 Å². The van der Waals surface area contributed by atoms with Crippen LogP contribution in [0.25, 0.3) is 21.5 Å². The minimum atomic E-state index is -0.267. The molecule has 4 aromatic carbocycles. The van der Waals surface area contributed by atoms with Crippen LogP contribution in [0.4, 0.5) is 0 Å². The van der Waals surface area contributed by atoms with Gasteiger partial charge in [0.15, 0.2) is 0 Å². The van der Waals surface area contributed by atoms with Crippen molar-refractivity contribution < 1.29 is 4.74 Å². The summed E-state index contributed by atoms with van der Waals surface area (Å²) in [6, 6.07) is 28.8. The Labute approximate surface area is 217 Å². The van der Waals surface area contributed by atoms with Gasteiger partial charge in [-0.15, -0.1) is 0 Å². The number of hydrogen-bond acceptors (Lipinski definition) is 1. The van der Waals surface area contributed by atoms with E-state index in [1.165, 1.54) is 90.5 Å². The lowest BCUT2D eigenvalue weighted by Crippen LogP contribution is -2.44. The fourth-order valence-electron chi connectivity index (χ4n) is 6.70. The Morgan fingerprint density at radius 2 is 1.42 bits per heavy atom. The van der Waals surface area contributed by atoms with E-state index < -0.39 is 0 Å². The van der Waals surface area contributed by atoms with E-state index in [0.29, 0.717) is 5.92 Å². The molecule has 0 radical (unpaired) electrons. The van der Waals surface area contributed by atoms with Gasteiger partial charge in [0, 0.05) is 5.92 Å². The highest BCUT2D eigenvalue weighted by molar-refractivity contribution is 6.08. The molecule has 1 heteroatoms. The standard InChI is InChI=1S/C35H42O/c1-3-5-6-7-8-9-11-17-28-22-24-33-32-23-21-27-16-14-15-20-30(27)31(32)25-26-34(33)35(28,4-2)36-29-18-12-10-13-19-29/h10,12-16,18-21,23,25-26,28H,3-9,11,17,22,24H2,1-2H3. The number of para-hydroxylation sites is 1. The second-order valence-corrected chi connectivity index (χ2v) is 10.8. The molecular formula is C35H42O. The summed E-state index contributed by atoms with van der Waals surface area (Å²) in [5.41, 5.74) is 2.67. The van der Waals surface area contributed by atoms with Crippen molar-refractivity contribution in [2.75, 3.05) is 0 Å². The first kappa shape index (κ1) is 24.9. The fraction of sp³-hybridized carbons (Fsp3) is 0.429. The van der Waals surface area contributed by atoms with E-state index in [4.69, 9.17) is 4.74 Å². The first-order valence-corrected chi connectivity index (χ1v) is 14.4. The summed E-state index contributed by atoms with van der Waals surface area (Å²) in [5.74, 6) is 1.54.